The van der Waals surface area contributed by atoms with Crippen LogP contribution in [0, 0.1) is 0 Å². The average molecular weight is 252 g/mol. The maximum atomic E-state index is 9.39. The molecule has 1 aromatic carbocycles. The third-order valence-electron chi connectivity index (χ3n) is 2.61. The largest absolute Gasteiger partial charge is 0.440 e. The zero-order chi connectivity index (χ0) is 12.4. The van der Waals surface area contributed by atoms with E-state index in [0.717, 1.165) is 5.52 Å². The molecule has 92 valence electrons. The van der Waals surface area contributed by atoms with E-state index in [9.17, 15) is 5.11 Å². The number of benzene rings is 1. The highest BCUT2D eigenvalue weighted by Crippen LogP contribution is 2.24. The molecule has 0 aliphatic rings. The van der Waals surface area contributed by atoms with Crippen LogP contribution in [0.4, 0.5) is 5.69 Å². The first-order valence-corrected chi connectivity index (χ1v) is 6.56. The number of rotatable bonds is 4. The standard InChI is InChI=1S/C12H16N2O2S/c1-7(15)8(2)17-6-12-14-10-4-3-9(13)5-11(10)16-12/h3-5,7-8,15H,6,13H2,1-2H3. The molecule has 3 N–H and O–H groups in total. The number of nitrogens with two attached hydrogens (primary N) is 1. The lowest BCUT2D eigenvalue weighted by Gasteiger charge is -2.12. The maximum Gasteiger partial charge on any atom is 0.205 e. The lowest BCUT2D eigenvalue weighted by Crippen LogP contribution is -2.15. The molecule has 0 aliphatic heterocycles. The Balaban J connectivity index is 2.09. The van der Waals surface area contributed by atoms with E-state index in [1.165, 1.54) is 0 Å². The van der Waals surface area contributed by atoms with Crippen molar-refractivity contribution in [3.05, 3.63) is 24.1 Å². The summed E-state index contributed by atoms with van der Waals surface area (Å²) in [6.07, 6.45) is -0.333. The summed E-state index contributed by atoms with van der Waals surface area (Å²) in [5, 5.41) is 9.55. The summed E-state index contributed by atoms with van der Waals surface area (Å²) in [5.41, 5.74) is 7.87. The Morgan fingerprint density at radius 2 is 2.24 bits per heavy atom. The lowest BCUT2D eigenvalue weighted by molar-refractivity contribution is 0.196. The van der Waals surface area contributed by atoms with Crippen LogP contribution in [0.25, 0.3) is 11.1 Å². The van der Waals surface area contributed by atoms with E-state index in [-0.39, 0.29) is 11.4 Å². The lowest BCUT2D eigenvalue weighted by atomic mass is 10.3. The molecular formula is C12H16N2O2S. The predicted molar refractivity (Wildman–Crippen MR) is 70.9 cm³/mol. The van der Waals surface area contributed by atoms with Crippen molar-refractivity contribution in [2.45, 2.75) is 31.0 Å². The molecule has 0 fully saturated rings. The monoisotopic (exact) mass is 252 g/mol. The van der Waals surface area contributed by atoms with Crippen molar-refractivity contribution in [3.8, 4) is 0 Å². The van der Waals surface area contributed by atoms with Gasteiger partial charge in [0.2, 0.25) is 5.89 Å². The number of hydrogen-bond donors (Lipinski definition) is 2. The van der Waals surface area contributed by atoms with Crippen molar-refractivity contribution >= 4 is 28.5 Å². The van der Waals surface area contributed by atoms with E-state index >= 15 is 0 Å². The molecule has 1 heterocycles. The van der Waals surface area contributed by atoms with Crippen molar-refractivity contribution < 1.29 is 9.52 Å². The average Bonchev–Trinajstić information content (AvgIpc) is 2.67. The van der Waals surface area contributed by atoms with Gasteiger partial charge in [-0.15, -0.1) is 11.8 Å². The van der Waals surface area contributed by atoms with E-state index in [4.69, 9.17) is 10.2 Å². The van der Waals surface area contributed by atoms with Crippen molar-refractivity contribution in [3.63, 3.8) is 0 Å². The summed E-state index contributed by atoms with van der Waals surface area (Å²) in [6.45, 7) is 3.76. The maximum absolute atomic E-state index is 9.39. The summed E-state index contributed by atoms with van der Waals surface area (Å²) in [6, 6.07) is 5.43. The van der Waals surface area contributed by atoms with Crippen LogP contribution >= 0.6 is 11.8 Å². The highest BCUT2D eigenvalue weighted by atomic mass is 32.2. The molecule has 4 nitrogen and oxygen atoms in total. The molecule has 2 rings (SSSR count). The molecule has 0 aliphatic carbocycles. The number of aromatic nitrogens is 1. The molecule has 5 heteroatoms. The summed E-state index contributed by atoms with van der Waals surface area (Å²) in [5.74, 6) is 1.32. The molecule has 0 spiro atoms. The van der Waals surface area contributed by atoms with E-state index in [2.05, 4.69) is 4.98 Å². The van der Waals surface area contributed by atoms with Crippen LogP contribution in [0.2, 0.25) is 0 Å². The number of anilines is 1. The smallest absolute Gasteiger partial charge is 0.205 e. The number of aliphatic hydroxyl groups excluding tert-OH is 1. The fraction of sp³-hybridized carbons (Fsp3) is 0.417. The zero-order valence-corrected chi connectivity index (χ0v) is 10.7. The minimum atomic E-state index is -0.333. The Morgan fingerprint density at radius 1 is 1.47 bits per heavy atom. The number of thioether (sulfide) groups is 1. The van der Waals surface area contributed by atoms with Gasteiger partial charge in [-0.05, 0) is 19.1 Å². The van der Waals surface area contributed by atoms with Crippen LogP contribution in [0.15, 0.2) is 22.6 Å². The van der Waals surface area contributed by atoms with Gasteiger partial charge in [-0.25, -0.2) is 4.98 Å². The molecule has 2 unspecified atom stereocenters. The molecule has 2 atom stereocenters. The fourth-order valence-electron chi connectivity index (χ4n) is 1.39. The molecule has 0 saturated carbocycles. The van der Waals surface area contributed by atoms with Crippen LogP contribution in [0.1, 0.15) is 19.7 Å². The SMILES string of the molecule is CC(O)C(C)SCc1nc2ccc(N)cc2o1. The number of aliphatic hydroxyl groups is 1. The van der Waals surface area contributed by atoms with Crippen LogP contribution in [-0.2, 0) is 5.75 Å². The van der Waals surface area contributed by atoms with Gasteiger partial charge in [0.15, 0.2) is 5.58 Å². The summed E-state index contributed by atoms with van der Waals surface area (Å²) < 4.78 is 5.59. The van der Waals surface area contributed by atoms with Gasteiger partial charge < -0.3 is 15.3 Å². The Morgan fingerprint density at radius 3 is 2.94 bits per heavy atom. The van der Waals surface area contributed by atoms with E-state index < -0.39 is 0 Å². The second-order valence-electron chi connectivity index (χ2n) is 4.09. The fourth-order valence-corrected chi connectivity index (χ4v) is 2.20. The predicted octanol–water partition coefficient (Wildman–Crippen LogP) is 2.41. The zero-order valence-electron chi connectivity index (χ0n) is 9.88. The number of oxazole rings is 1. The first-order chi connectivity index (χ1) is 8.06. The highest BCUT2D eigenvalue weighted by molar-refractivity contribution is 7.99. The molecular weight excluding hydrogens is 236 g/mol. The van der Waals surface area contributed by atoms with Crippen molar-refractivity contribution in [2.75, 3.05) is 5.73 Å². The number of nitrogens with zero attached hydrogens (tertiary/aromatic N) is 1. The molecule has 0 radical (unpaired) electrons. The Bertz CT molecular complexity index is 510. The third-order valence-corrected chi connectivity index (χ3v) is 3.94. The van der Waals surface area contributed by atoms with Crippen molar-refractivity contribution in [2.24, 2.45) is 0 Å². The van der Waals surface area contributed by atoms with Crippen LogP contribution < -0.4 is 5.73 Å². The van der Waals surface area contributed by atoms with Gasteiger partial charge in [0, 0.05) is 17.0 Å². The van der Waals surface area contributed by atoms with E-state index in [1.54, 1.807) is 30.8 Å². The van der Waals surface area contributed by atoms with Crippen molar-refractivity contribution in [1.29, 1.82) is 0 Å². The number of nitrogen functional groups attached to an aromatic ring is 1. The summed E-state index contributed by atoms with van der Waals surface area (Å²) >= 11 is 1.62. The van der Waals surface area contributed by atoms with Crippen LogP contribution in [-0.4, -0.2) is 21.4 Å². The van der Waals surface area contributed by atoms with Crippen LogP contribution in [0.5, 0.6) is 0 Å². The molecule has 1 aromatic heterocycles. The van der Waals surface area contributed by atoms with E-state index in [1.807, 2.05) is 13.0 Å². The highest BCUT2D eigenvalue weighted by Gasteiger charge is 2.12. The third kappa shape index (κ3) is 2.92. The van der Waals surface area contributed by atoms with Gasteiger partial charge in [0.25, 0.3) is 0 Å². The minimum absolute atomic E-state index is 0.162. The normalized spacial score (nSPS) is 15.0. The minimum Gasteiger partial charge on any atom is -0.440 e. The Kier molecular flexibility index (Phi) is 3.59. The summed E-state index contributed by atoms with van der Waals surface area (Å²) in [4.78, 5) is 4.36. The van der Waals surface area contributed by atoms with Gasteiger partial charge in [0.05, 0.1) is 11.9 Å². The van der Waals surface area contributed by atoms with Gasteiger partial charge >= 0.3 is 0 Å². The van der Waals surface area contributed by atoms with Crippen molar-refractivity contribution in [1.82, 2.24) is 4.98 Å². The summed E-state index contributed by atoms with van der Waals surface area (Å²) in [7, 11) is 0. The van der Waals surface area contributed by atoms with Gasteiger partial charge in [-0.3, -0.25) is 0 Å². The quantitative estimate of drug-likeness (QED) is 0.817. The molecule has 2 aromatic rings. The topological polar surface area (TPSA) is 72.3 Å². The second kappa shape index (κ2) is 4.98. The second-order valence-corrected chi connectivity index (χ2v) is 5.46. The molecule has 0 amide bonds. The molecule has 0 saturated heterocycles. The Labute approximate surface area is 104 Å². The first-order valence-electron chi connectivity index (χ1n) is 5.51. The van der Waals surface area contributed by atoms with Gasteiger partial charge in [-0.1, -0.05) is 6.92 Å². The van der Waals surface area contributed by atoms with Gasteiger partial charge in [0.1, 0.15) is 5.52 Å². The van der Waals surface area contributed by atoms with Crippen LogP contribution in [0.3, 0.4) is 0 Å². The Hall–Kier alpha value is -1.20. The van der Waals surface area contributed by atoms with Gasteiger partial charge in [-0.2, -0.15) is 0 Å². The number of fused-ring (bicyclic) bond motifs is 1. The molecule has 0 bridgehead atoms. The molecule has 17 heavy (non-hydrogen) atoms. The first kappa shape index (κ1) is 12.3. The van der Waals surface area contributed by atoms with E-state index in [0.29, 0.717) is 22.9 Å². The number of hydrogen-bond acceptors (Lipinski definition) is 5.